The molecule has 0 fully saturated rings. The lowest BCUT2D eigenvalue weighted by molar-refractivity contribution is -0.384. The second-order valence-corrected chi connectivity index (χ2v) is 6.69. The first-order valence-electron chi connectivity index (χ1n) is 7.76. The minimum atomic E-state index is -0.987. The van der Waals surface area contributed by atoms with Crippen LogP contribution in [0.15, 0.2) is 51.4 Å². The van der Waals surface area contributed by atoms with Gasteiger partial charge in [0.25, 0.3) is 11.6 Å². The summed E-state index contributed by atoms with van der Waals surface area (Å²) in [4.78, 5) is 22.5. The molecule has 3 aromatic rings. The number of aryl methyl sites for hydroxylation is 1. The first-order chi connectivity index (χ1) is 12.4. The summed E-state index contributed by atoms with van der Waals surface area (Å²) in [6, 6.07) is 11.0. The Balaban J connectivity index is 1.70. The zero-order chi connectivity index (χ0) is 18.8. The summed E-state index contributed by atoms with van der Waals surface area (Å²) in [6.07, 6.45) is -0.987. The average molecular weight is 419 g/mol. The maximum absolute atomic E-state index is 12.4. The standard InChI is InChI=1S/C18H15BrN2O5/c1-10-14-8-12(19)4-7-16(14)26-17(10)18(23)20-9-15(22)11-2-5-13(6-3-11)21(24)25/h2-8,15,22H,9H2,1H3,(H,20,23)/t15-/m0/s1. The van der Waals surface area contributed by atoms with E-state index in [0.717, 1.165) is 9.86 Å². The number of carbonyl (C=O) groups excluding carboxylic acids is 1. The van der Waals surface area contributed by atoms with Crippen LogP contribution in [-0.2, 0) is 0 Å². The maximum Gasteiger partial charge on any atom is 0.287 e. The van der Waals surface area contributed by atoms with E-state index in [1.54, 1.807) is 13.0 Å². The Morgan fingerprint density at radius 3 is 2.65 bits per heavy atom. The summed E-state index contributed by atoms with van der Waals surface area (Å²) >= 11 is 3.39. The van der Waals surface area contributed by atoms with Gasteiger partial charge in [-0.3, -0.25) is 14.9 Å². The van der Waals surface area contributed by atoms with Crippen LogP contribution in [0.25, 0.3) is 11.0 Å². The summed E-state index contributed by atoms with van der Waals surface area (Å²) in [5.41, 5.74) is 1.73. The summed E-state index contributed by atoms with van der Waals surface area (Å²) in [7, 11) is 0. The molecule has 0 aliphatic carbocycles. The molecule has 26 heavy (non-hydrogen) atoms. The number of non-ortho nitro benzene ring substituents is 1. The highest BCUT2D eigenvalue weighted by Gasteiger charge is 2.19. The van der Waals surface area contributed by atoms with E-state index in [4.69, 9.17) is 4.42 Å². The minimum Gasteiger partial charge on any atom is -0.451 e. The number of amides is 1. The molecule has 0 aliphatic rings. The van der Waals surface area contributed by atoms with Crippen molar-refractivity contribution >= 4 is 38.5 Å². The Hall–Kier alpha value is -2.71. The zero-order valence-electron chi connectivity index (χ0n) is 13.7. The number of fused-ring (bicyclic) bond motifs is 1. The van der Waals surface area contributed by atoms with Gasteiger partial charge in [-0.2, -0.15) is 0 Å². The minimum absolute atomic E-state index is 0.0448. The number of nitro groups is 1. The molecule has 134 valence electrons. The molecule has 1 amide bonds. The molecule has 3 rings (SSSR count). The van der Waals surface area contributed by atoms with Crippen molar-refractivity contribution < 1.29 is 19.2 Å². The van der Waals surface area contributed by atoms with Gasteiger partial charge in [0, 0.05) is 34.1 Å². The third-order valence-electron chi connectivity index (χ3n) is 4.05. The molecule has 0 aliphatic heterocycles. The number of hydrogen-bond acceptors (Lipinski definition) is 5. The van der Waals surface area contributed by atoms with Gasteiger partial charge in [-0.25, -0.2) is 0 Å². The molecule has 0 saturated carbocycles. The Bertz CT molecular complexity index is 981. The number of hydrogen-bond donors (Lipinski definition) is 2. The van der Waals surface area contributed by atoms with Crippen LogP contribution in [0.2, 0.25) is 0 Å². The third kappa shape index (κ3) is 3.61. The Morgan fingerprint density at radius 2 is 2.00 bits per heavy atom. The van der Waals surface area contributed by atoms with Gasteiger partial charge in [-0.05, 0) is 42.8 Å². The fourth-order valence-corrected chi connectivity index (χ4v) is 2.98. The average Bonchev–Trinajstić information content (AvgIpc) is 2.96. The second kappa shape index (κ2) is 7.27. The first kappa shape index (κ1) is 18.1. The lowest BCUT2D eigenvalue weighted by Crippen LogP contribution is -2.28. The molecule has 0 saturated heterocycles. The van der Waals surface area contributed by atoms with E-state index in [0.29, 0.717) is 16.7 Å². The smallest absolute Gasteiger partial charge is 0.287 e. The molecule has 2 aromatic carbocycles. The molecular formula is C18H15BrN2O5. The van der Waals surface area contributed by atoms with Crippen LogP contribution in [0.4, 0.5) is 5.69 Å². The van der Waals surface area contributed by atoms with E-state index in [2.05, 4.69) is 21.2 Å². The molecule has 0 spiro atoms. The highest BCUT2D eigenvalue weighted by molar-refractivity contribution is 9.10. The van der Waals surface area contributed by atoms with Crippen molar-refractivity contribution in [1.29, 1.82) is 0 Å². The predicted octanol–water partition coefficient (Wildman–Crippen LogP) is 3.88. The van der Waals surface area contributed by atoms with Crippen molar-refractivity contribution in [2.45, 2.75) is 13.0 Å². The topological polar surface area (TPSA) is 106 Å². The molecule has 0 bridgehead atoms. The number of nitrogens with zero attached hydrogens (tertiary/aromatic N) is 1. The number of halogens is 1. The predicted molar refractivity (Wildman–Crippen MR) is 99.0 cm³/mol. The zero-order valence-corrected chi connectivity index (χ0v) is 15.3. The van der Waals surface area contributed by atoms with E-state index in [1.165, 1.54) is 24.3 Å². The van der Waals surface area contributed by atoms with Crippen molar-refractivity contribution in [1.82, 2.24) is 5.32 Å². The van der Waals surface area contributed by atoms with Gasteiger partial charge in [-0.15, -0.1) is 0 Å². The van der Waals surface area contributed by atoms with Crippen molar-refractivity contribution in [3.63, 3.8) is 0 Å². The quantitative estimate of drug-likeness (QED) is 0.483. The third-order valence-corrected chi connectivity index (χ3v) is 4.54. The highest BCUT2D eigenvalue weighted by Crippen LogP contribution is 2.28. The van der Waals surface area contributed by atoms with Crippen LogP contribution in [0.1, 0.15) is 27.8 Å². The van der Waals surface area contributed by atoms with Gasteiger partial charge in [-0.1, -0.05) is 15.9 Å². The summed E-state index contributed by atoms with van der Waals surface area (Å²) in [5, 5.41) is 24.3. The SMILES string of the molecule is Cc1c(C(=O)NC[C@H](O)c2ccc([N+](=O)[O-])cc2)oc2ccc(Br)cc12. The maximum atomic E-state index is 12.4. The monoisotopic (exact) mass is 418 g/mol. The molecular weight excluding hydrogens is 404 g/mol. The number of rotatable bonds is 5. The van der Waals surface area contributed by atoms with Gasteiger partial charge < -0.3 is 14.8 Å². The van der Waals surface area contributed by atoms with Crippen LogP contribution in [-0.4, -0.2) is 22.5 Å². The van der Waals surface area contributed by atoms with Crippen LogP contribution in [0, 0.1) is 17.0 Å². The lowest BCUT2D eigenvalue weighted by atomic mass is 10.1. The van der Waals surface area contributed by atoms with Crippen molar-refractivity contribution in [3.05, 3.63) is 73.9 Å². The van der Waals surface area contributed by atoms with E-state index < -0.39 is 16.9 Å². The number of carbonyl (C=O) groups is 1. The van der Waals surface area contributed by atoms with Crippen LogP contribution in [0.3, 0.4) is 0 Å². The lowest BCUT2D eigenvalue weighted by Gasteiger charge is -2.11. The summed E-state index contributed by atoms with van der Waals surface area (Å²) in [6.45, 7) is 1.75. The number of nitro benzene ring substituents is 1. The van der Waals surface area contributed by atoms with E-state index in [-0.39, 0.29) is 18.0 Å². The molecule has 0 unspecified atom stereocenters. The van der Waals surface area contributed by atoms with Crippen LogP contribution >= 0.6 is 15.9 Å². The van der Waals surface area contributed by atoms with Crippen molar-refractivity contribution in [2.24, 2.45) is 0 Å². The number of nitrogens with one attached hydrogen (secondary N) is 1. The van der Waals surface area contributed by atoms with Gasteiger partial charge in [0.1, 0.15) is 5.58 Å². The number of aliphatic hydroxyl groups excluding tert-OH is 1. The molecule has 2 N–H and O–H groups in total. The van der Waals surface area contributed by atoms with E-state index in [1.807, 2.05) is 12.1 Å². The van der Waals surface area contributed by atoms with Gasteiger partial charge in [0.2, 0.25) is 0 Å². The molecule has 0 radical (unpaired) electrons. The highest BCUT2D eigenvalue weighted by atomic mass is 79.9. The van der Waals surface area contributed by atoms with Crippen molar-refractivity contribution in [3.8, 4) is 0 Å². The molecule has 1 atom stereocenters. The van der Waals surface area contributed by atoms with Gasteiger partial charge in [0.15, 0.2) is 5.76 Å². The van der Waals surface area contributed by atoms with Crippen molar-refractivity contribution in [2.75, 3.05) is 6.54 Å². The molecule has 7 nitrogen and oxygen atoms in total. The van der Waals surface area contributed by atoms with Crippen LogP contribution < -0.4 is 5.32 Å². The van der Waals surface area contributed by atoms with Gasteiger partial charge >= 0.3 is 0 Å². The molecule has 1 aromatic heterocycles. The molecule has 1 heterocycles. The summed E-state index contributed by atoms with van der Waals surface area (Å²) < 4.78 is 6.49. The Morgan fingerprint density at radius 1 is 1.31 bits per heavy atom. The summed E-state index contributed by atoms with van der Waals surface area (Å²) in [5.74, 6) is -0.246. The second-order valence-electron chi connectivity index (χ2n) is 5.77. The first-order valence-corrected chi connectivity index (χ1v) is 8.55. The largest absolute Gasteiger partial charge is 0.451 e. The Labute approximate surface area is 156 Å². The van der Waals surface area contributed by atoms with E-state index in [9.17, 15) is 20.0 Å². The molecule has 8 heteroatoms. The number of aliphatic hydroxyl groups is 1. The number of benzene rings is 2. The van der Waals surface area contributed by atoms with Crippen LogP contribution in [0.5, 0.6) is 0 Å². The van der Waals surface area contributed by atoms with Gasteiger partial charge in [0.05, 0.1) is 11.0 Å². The fraction of sp³-hybridized carbons (Fsp3) is 0.167. The van der Waals surface area contributed by atoms with E-state index >= 15 is 0 Å². The number of furan rings is 1. The normalized spacial score (nSPS) is 12.1. The Kier molecular flexibility index (Phi) is 5.06. The fourth-order valence-electron chi connectivity index (χ4n) is 2.62.